The Morgan fingerprint density at radius 2 is 1.89 bits per heavy atom. The monoisotopic (exact) mass is 339 g/mol. The van der Waals surface area contributed by atoms with Crippen LogP contribution in [0.5, 0.6) is 0 Å². The van der Waals surface area contributed by atoms with Crippen LogP contribution in [0.2, 0.25) is 5.02 Å². The maximum atomic E-state index is 11.1. The molecule has 2 aromatic rings. The summed E-state index contributed by atoms with van der Waals surface area (Å²) in [7, 11) is 0. The van der Waals surface area contributed by atoms with Crippen molar-refractivity contribution in [2.45, 2.75) is 0 Å². The molecule has 0 bridgehead atoms. The largest absolute Gasteiger partial charge is 0.399 e. The molecule has 0 radical (unpaired) electrons. The molecule has 0 spiro atoms. The SMILES string of the molecule is NC(=O)c1ccc(Nc2cc(N)ccc2Cl)c(Br)c1. The molecule has 6 heteroatoms. The van der Waals surface area contributed by atoms with E-state index in [1.165, 1.54) is 0 Å². The normalized spacial score (nSPS) is 10.2. The standard InChI is InChI=1S/C13H11BrClN3O/c14-9-5-7(13(17)19)1-4-11(9)18-12-6-8(16)2-3-10(12)15/h1-6,18H,16H2,(H2,17,19). The first-order valence-electron chi connectivity index (χ1n) is 5.39. The lowest BCUT2D eigenvalue weighted by Crippen LogP contribution is -2.10. The van der Waals surface area contributed by atoms with Crippen molar-refractivity contribution in [3.05, 3.63) is 51.5 Å². The second-order valence-corrected chi connectivity index (χ2v) is 5.18. The number of nitrogens with one attached hydrogen (secondary N) is 1. The third-order valence-corrected chi connectivity index (χ3v) is 3.50. The van der Waals surface area contributed by atoms with Crippen molar-refractivity contribution in [3.63, 3.8) is 0 Å². The Kier molecular flexibility index (Phi) is 3.97. The van der Waals surface area contributed by atoms with E-state index in [-0.39, 0.29) is 0 Å². The van der Waals surface area contributed by atoms with Crippen molar-refractivity contribution in [2.75, 3.05) is 11.1 Å². The molecule has 98 valence electrons. The predicted octanol–water partition coefficient (Wildman–Crippen LogP) is 3.53. The van der Waals surface area contributed by atoms with Gasteiger partial charge in [-0.15, -0.1) is 0 Å². The highest BCUT2D eigenvalue weighted by Crippen LogP contribution is 2.31. The fraction of sp³-hybridized carbons (Fsp3) is 0. The number of benzene rings is 2. The van der Waals surface area contributed by atoms with Gasteiger partial charge in [-0.2, -0.15) is 0 Å². The molecule has 4 nitrogen and oxygen atoms in total. The van der Waals surface area contributed by atoms with Crippen LogP contribution in [0.3, 0.4) is 0 Å². The van der Waals surface area contributed by atoms with Crippen LogP contribution in [0.25, 0.3) is 0 Å². The van der Waals surface area contributed by atoms with Gasteiger partial charge in [-0.05, 0) is 52.3 Å². The Bertz CT molecular complexity index is 646. The number of halogens is 2. The number of hydrogen-bond donors (Lipinski definition) is 3. The molecule has 0 saturated heterocycles. The topological polar surface area (TPSA) is 81.1 Å². The highest BCUT2D eigenvalue weighted by atomic mass is 79.9. The second kappa shape index (κ2) is 5.50. The number of nitrogen functional groups attached to an aromatic ring is 1. The van der Waals surface area contributed by atoms with Crippen molar-refractivity contribution in [1.82, 2.24) is 0 Å². The lowest BCUT2D eigenvalue weighted by molar-refractivity contribution is 0.100. The van der Waals surface area contributed by atoms with Crippen molar-refractivity contribution >= 4 is 50.5 Å². The predicted molar refractivity (Wildman–Crippen MR) is 81.8 cm³/mol. The molecule has 0 fully saturated rings. The second-order valence-electron chi connectivity index (χ2n) is 3.92. The quantitative estimate of drug-likeness (QED) is 0.748. The van der Waals surface area contributed by atoms with Crippen molar-refractivity contribution < 1.29 is 4.79 Å². The first kappa shape index (κ1) is 13.7. The molecule has 5 N–H and O–H groups in total. The van der Waals surface area contributed by atoms with E-state index < -0.39 is 5.91 Å². The minimum Gasteiger partial charge on any atom is -0.399 e. The first-order valence-corrected chi connectivity index (χ1v) is 6.56. The highest BCUT2D eigenvalue weighted by molar-refractivity contribution is 9.10. The molecule has 0 aliphatic carbocycles. The smallest absolute Gasteiger partial charge is 0.248 e. The van der Waals surface area contributed by atoms with Crippen LogP contribution in [-0.2, 0) is 0 Å². The third kappa shape index (κ3) is 3.19. The lowest BCUT2D eigenvalue weighted by Gasteiger charge is -2.11. The molecule has 0 aromatic heterocycles. The molecule has 1 amide bonds. The zero-order valence-corrected chi connectivity index (χ0v) is 12.1. The van der Waals surface area contributed by atoms with E-state index in [0.717, 1.165) is 5.69 Å². The van der Waals surface area contributed by atoms with E-state index in [4.69, 9.17) is 23.1 Å². The number of primary amides is 1. The molecular weight excluding hydrogens is 330 g/mol. The zero-order valence-electron chi connectivity index (χ0n) is 9.78. The number of carbonyl (C=O) groups excluding carboxylic acids is 1. The zero-order chi connectivity index (χ0) is 14.0. The number of amides is 1. The minimum absolute atomic E-state index is 0.427. The minimum atomic E-state index is -0.478. The number of hydrogen-bond acceptors (Lipinski definition) is 3. The Labute approximate surface area is 123 Å². The van der Waals surface area contributed by atoms with E-state index in [1.54, 1.807) is 36.4 Å². The van der Waals surface area contributed by atoms with Crippen LogP contribution in [-0.4, -0.2) is 5.91 Å². The van der Waals surface area contributed by atoms with E-state index >= 15 is 0 Å². The molecule has 2 rings (SSSR count). The van der Waals surface area contributed by atoms with Crippen LogP contribution in [0.1, 0.15) is 10.4 Å². The highest BCUT2D eigenvalue weighted by Gasteiger charge is 2.07. The first-order chi connectivity index (χ1) is 8.97. The Morgan fingerprint density at radius 3 is 2.53 bits per heavy atom. The van der Waals surface area contributed by atoms with Gasteiger partial charge >= 0.3 is 0 Å². The van der Waals surface area contributed by atoms with Crippen molar-refractivity contribution in [3.8, 4) is 0 Å². The van der Waals surface area contributed by atoms with Crippen molar-refractivity contribution in [1.29, 1.82) is 0 Å². The van der Waals surface area contributed by atoms with E-state index in [2.05, 4.69) is 21.2 Å². The molecular formula is C13H11BrClN3O. The number of nitrogens with two attached hydrogens (primary N) is 2. The maximum Gasteiger partial charge on any atom is 0.248 e. The Balaban J connectivity index is 2.33. The van der Waals surface area contributed by atoms with Crippen LogP contribution in [0.4, 0.5) is 17.1 Å². The summed E-state index contributed by atoms with van der Waals surface area (Å²) in [4.78, 5) is 11.1. The summed E-state index contributed by atoms with van der Waals surface area (Å²) in [5.74, 6) is -0.478. The van der Waals surface area contributed by atoms with Gasteiger partial charge in [-0.25, -0.2) is 0 Å². The van der Waals surface area contributed by atoms with Gasteiger partial charge in [0.05, 0.1) is 16.4 Å². The summed E-state index contributed by atoms with van der Waals surface area (Å²) in [5.41, 5.74) is 13.4. The molecule has 0 atom stereocenters. The molecule has 19 heavy (non-hydrogen) atoms. The van der Waals surface area contributed by atoms with Crippen LogP contribution in [0.15, 0.2) is 40.9 Å². The van der Waals surface area contributed by atoms with Gasteiger partial charge in [0.2, 0.25) is 5.91 Å². The van der Waals surface area contributed by atoms with E-state index in [0.29, 0.717) is 26.4 Å². The summed E-state index contributed by atoms with van der Waals surface area (Å²) in [6, 6.07) is 10.2. The van der Waals surface area contributed by atoms with Gasteiger partial charge in [-0.3, -0.25) is 4.79 Å². The van der Waals surface area contributed by atoms with Crippen LogP contribution >= 0.6 is 27.5 Å². The number of rotatable bonds is 3. The fourth-order valence-electron chi connectivity index (χ4n) is 1.55. The summed E-state index contributed by atoms with van der Waals surface area (Å²) in [5, 5.41) is 3.69. The Morgan fingerprint density at radius 1 is 1.16 bits per heavy atom. The molecule has 0 heterocycles. The fourth-order valence-corrected chi connectivity index (χ4v) is 2.20. The Hall–Kier alpha value is -1.72. The van der Waals surface area contributed by atoms with Crippen molar-refractivity contribution in [2.24, 2.45) is 5.73 Å². The maximum absolute atomic E-state index is 11.1. The summed E-state index contributed by atoms with van der Waals surface area (Å²) >= 11 is 9.44. The summed E-state index contributed by atoms with van der Waals surface area (Å²) in [6.45, 7) is 0. The number of carbonyl (C=O) groups is 1. The summed E-state index contributed by atoms with van der Waals surface area (Å²) < 4.78 is 0.710. The summed E-state index contributed by atoms with van der Waals surface area (Å²) in [6.07, 6.45) is 0. The van der Waals surface area contributed by atoms with Gasteiger partial charge in [0.25, 0.3) is 0 Å². The number of anilines is 3. The van der Waals surface area contributed by atoms with Crippen LogP contribution < -0.4 is 16.8 Å². The average molecular weight is 341 g/mol. The van der Waals surface area contributed by atoms with Crippen LogP contribution in [0, 0.1) is 0 Å². The molecule has 0 saturated carbocycles. The lowest BCUT2D eigenvalue weighted by atomic mass is 10.2. The third-order valence-electron chi connectivity index (χ3n) is 2.51. The van der Waals surface area contributed by atoms with Gasteiger partial charge in [-0.1, -0.05) is 11.6 Å². The molecule has 0 unspecified atom stereocenters. The molecule has 2 aromatic carbocycles. The van der Waals surface area contributed by atoms with Gasteiger partial charge in [0, 0.05) is 15.7 Å². The van der Waals surface area contributed by atoms with Gasteiger partial charge < -0.3 is 16.8 Å². The van der Waals surface area contributed by atoms with E-state index in [9.17, 15) is 4.79 Å². The molecule has 0 aliphatic rings. The van der Waals surface area contributed by atoms with Gasteiger partial charge in [0.15, 0.2) is 0 Å². The average Bonchev–Trinajstić information content (AvgIpc) is 2.36. The van der Waals surface area contributed by atoms with E-state index in [1.807, 2.05) is 0 Å². The van der Waals surface area contributed by atoms with Gasteiger partial charge in [0.1, 0.15) is 0 Å². The molecule has 0 aliphatic heterocycles.